The fraction of sp³-hybridized carbons (Fsp3) is 0.613. The number of ether oxygens (including phenoxy) is 2. The Morgan fingerprint density at radius 1 is 1.06 bits per heavy atom. The van der Waals surface area contributed by atoms with Crippen molar-refractivity contribution < 1.29 is 19.1 Å². The molecule has 2 heterocycles. The third-order valence-electron chi connectivity index (χ3n) is 9.78. The molecule has 1 aromatic carbocycles. The smallest absolute Gasteiger partial charge is 0.312 e. The van der Waals surface area contributed by atoms with E-state index in [9.17, 15) is 9.59 Å². The van der Waals surface area contributed by atoms with Gasteiger partial charge in [-0.15, -0.1) is 0 Å². The van der Waals surface area contributed by atoms with Gasteiger partial charge in [-0.3, -0.25) is 9.59 Å². The first-order chi connectivity index (χ1) is 17.3. The average Bonchev–Trinajstić information content (AvgIpc) is 3.45. The number of carbonyl (C=O) groups excluding carboxylic acids is 2. The van der Waals surface area contributed by atoms with Crippen LogP contribution < -0.4 is 0 Å². The number of aromatic nitrogens is 1. The van der Waals surface area contributed by atoms with Crippen molar-refractivity contribution in [3.8, 4) is 0 Å². The van der Waals surface area contributed by atoms with Gasteiger partial charge in [-0.05, 0) is 101 Å². The Morgan fingerprint density at radius 3 is 2.44 bits per heavy atom. The Morgan fingerprint density at radius 2 is 1.78 bits per heavy atom. The van der Waals surface area contributed by atoms with E-state index in [0.717, 1.165) is 56.6 Å². The van der Waals surface area contributed by atoms with Crippen molar-refractivity contribution in [3.63, 3.8) is 0 Å². The van der Waals surface area contributed by atoms with Crippen LogP contribution in [-0.2, 0) is 26.2 Å². The monoisotopic (exact) mass is 489 g/mol. The van der Waals surface area contributed by atoms with E-state index in [1.807, 2.05) is 19.9 Å². The van der Waals surface area contributed by atoms with Crippen molar-refractivity contribution in [2.24, 2.45) is 17.3 Å². The first-order valence-corrected chi connectivity index (χ1v) is 13.8. The second kappa shape index (κ2) is 8.86. The van der Waals surface area contributed by atoms with E-state index in [2.05, 4.69) is 35.8 Å². The fourth-order valence-electron chi connectivity index (χ4n) is 8.46. The zero-order valence-electron chi connectivity index (χ0n) is 22.0. The second-order valence-electron chi connectivity index (χ2n) is 12.4. The Hall–Kier alpha value is -2.40. The lowest BCUT2D eigenvalue weighted by atomic mass is 9.43. The molecule has 0 amide bonds. The summed E-state index contributed by atoms with van der Waals surface area (Å²) in [5, 5.41) is 0. The van der Waals surface area contributed by atoms with Gasteiger partial charge in [-0.2, -0.15) is 0 Å². The Bertz CT molecular complexity index is 1160. The number of Topliss-reactive ketones (excluding diaryl/α,β-unsaturated/α-hetero) is 1. The number of nitrogens with zero attached hydrogens (tertiary/aromatic N) is 1. The van der Waals surface area contributed by atoms with Crippen LogP contribution in [0.1, 0.15) is 84.2 Å². The molecule has 7 rings (SSSR count). The molecule has 0 unspecified atom stereocenters. The number of benzene rings is 1. The van der Waals surface area contributed by atoms with Crippen LogP contribution in [0.3, 0.4) is 0 Å². The molecule has 5 fully saturated rings. The van der Waals surface area contributed by atoms with Crippen LogP contribution in [0.4, 0.5) is 0 Å². The summed E-state index contributed by atoms with van der Waals surface area (Å²) < 4.78 is 13.8. The molecule has 4 bridgehead atoms. The quantitative estimate of drug-likeness (QED) is 0.361. The van der Waals surface area contributed by atoms with Crippen molar-refractivity contribution in [1.29, 1.82) is 0 Å². The molecule has 0 N–H and O–H groups in total. The normalized spacial score (nSPS) is 32.7. The highest BCUT2D eigenvalue weighted by atomic mass is 16.5. The minimum Gasteiger partial charge on any atom is -0.457 e. The minimum atomic E-state index is -0.439. The van der Waals surface area contributed by atoms with Gasteiger partial charge in [0.1, 0.15) is 0 Å². The van der Waals surface area contributed by atoms with Gasteiger partial charge in [-0.25, -0.2) is 0 Å². The van der Waals surface area contributed by atoms with Gasteiger partial charge in [0, 0.05) is 30.1 Å². The summed E-state index contributed by atoms with van der Waals surface area (Å²) in [6.07, 6.45) is 8.66. The van der Waals surface area contributed by atoms with Gasteiger partial charge < -0.3 is 14.0 Å². The van der Waals surface area contributed by atoms with E-state index in [-0.39, 0.29) is 29.9 Å². The molecule has 0 spiro atoms. The van der Waals surface area contributed by atoms with Crippen LogP contribution in [0.5, 0.6) is 0 Å². The summed E-state index contributed by atoms with van der Waals surface area (Å²) in [5.74, 6) is 0.905. The second-order valence-corrected chi connectivity index (χ2v) is 12.4. The molecule has 2 aromatic rings. The van der Waals surface area contributed by atoms with Crippen LogP contribution >= 0.6 is 0 Å². The summed E-state index contributed by atoms with van der Waals surface area (Å²) >= 11 is 0. The fourth-order valence-corrected chi connectivity index (χ4v) is 8.46. The van der Waals surface area contributed by atoms with Gasteiger partial charge in [-0.1, -0.05) is 29.8 Å². The van der Waals surface area contributed by atoms with Crippen LogP contribution in [0.25, 0.3) is 0 Å². The number of rotatable bonds is 7. The number of aryl methyl sites for hydroxylation is 2. The highest BCUT2D eigenvalue weighted by Gasteiger charge is 2.61. The zero-order chi connectivity index (χ0) is 25.1. The van der Waals surface area contributed by atoms with Crippen LogP contribution in [0, 0.1) is 38.0 Å². The molecule has 5 nitrogen and oxygen atoms in total. The number of esters is 1. The first-order valence-electron chi connectivity index (χ1n) is 13.8. The van der Waals surface area contributed by atoms with E-state index in [0.29, 0.717) is 17.4 Å². The number of hydrogen-bond donors (Lipinski definition) is 0. The standard InChI is InChI=1S/C31H39NO4/c1-20-6-8-25(9-7-20)30-13-23-12-24(14-30)16-31(15-23,19-30)29(34)36-18-28(33)27-11-21(2)32(22(27)3)17-26-5-4-10-35-26/h6-9,11,23-24,26H,4-5,10,12-19H2,1-3H3/t23-,24-,26+,30?,31?/m1/s1. The molecule has 0 radical (unpaired) electrons. The predicted molar refractivity (Wildman–Crippen MR) is 138 cm³/mol. The molecule has 5 aliphatic rings. The highest BCUT2D eigenvalue weighted by Crippen LogP contribution is 2.66. The number of ketones is 1. The lowest BCUT2D eigenvalue weighted by molar-refractivity contribution is -0.172. The molecule has 3 atom stereocenters. The molecule has 1 aromatic heterocycles. The van der Waals surface area contributed by atoms with Gasteiger partial charge in [0.15, 0.2) is 6.61 Å². The SMILES string of the molecule is Cc1ccc(C23C[C@H]4C[C@@H](CC(C(=O)OCC(=O)c5cc(C)n(C[C@@H]6CCCO6)c5C)(C4)C2)C3)cc1. The van der Waals surface area contributed by atoms with Crippen molar-refractivity contribution in [3.05, 3.63) is 58.4 Å². The summed E-state index contributed by atoms with van der Waals surface area (Å²) in [7, 11) is 0. The van der Waals surface area contributed by atoms with Gasteiger partial charge in [0.25, 0.3) is 0 Å². The summed E-state index contributed by atoms with van der Waals surface area (Å²) in [4.78, 5) is 26.8. The largest absolute Gasteiger partial charge is 0.457 e. The Kier molecular flexibility index (Phi) is 5.90. The molecule has 192 valence electrons. The van der Waals surface area contributed by atoms with Gasteiger partial charge >= 0.3 is 5.97 Å². The van der Waals surface area contributed by atoms with Crippen molar-refractivity contribution in [2.45, 2.75) is 90.2 Å². The molecule has 1 aliphatic heterocycles. The van der Waals surface area contributed by atoms with Crippen LogP contribution in [0.15, 0.2) is 30.3 Å². The van der Waals surface area contributed by atoms with E-state index in [1.54, 1.807) is 0 Å². The molecule has 1 saturated heterocycles. The van der Waals surface area contributed by atoms with E-state index < -0.39 is 5.41 Å². The van der Waals surface area contributed by atoms with Crippen LogP contribution in [-0.4, -0.2) is 35.6 Å². The third-order valence-corrected chi connectivity index (χ3v) is 9.78. The number of carbonyl (C=O) groups is 2. The Labute approximate surface area is 214 Å². The van der Waals surface area contributed by atoms with Crippen molar-refractivity contribution in [2.75, 3.05) is 13.2 Å². The molecule has 4 aliphatic carbocycles. The minimum absolute atomic E-state index is 0.0774. The van der Waals surface area contributed by atoms with Crippen LogP contribution in [0.2, 0.25) is 0 Å². The molecular weight excluding hydrogens is 450 g/mol. The molecule has 5 heteroatoms. The highest BCUT2D eigenvalue weighted by molar-refractivity contribution is 5.99. The van der Waals surface area contributed by atoms with Gasteiger partial charge in [0.2, 0.25) is 5.78 Å². The van der Waals surface area contributed by atoms with E-state index in [1.165, 1.54) is 30.4 Å². The lowest BCUT2D eigenvalue weighted by Gasteiger charge is -2.61. The maximum absolute atomic E-state index is 13.7. The molecule has 4 saturated carbocycles. The zero-order valence-corrected chi connectivity index (χ0v) is 22.0. The first kappa shape index (κ1) is 24.0. The Balaban J connectivity index is 1.16. The third kappa shape index (κ3) is 4.04. The maximum atomic E-state index is 13.7. The van der Waals surface area contributed by atoms with Gasteiger partial charge in [0.05, 0.1) is 11.5 Å². The molecule has 36 heavy (non-hydrogen) atoms. The van der Waals surface area contributed by atoms with Crippen molar-refractivity contribution in [1.82, 2.24) is 4.57 Å². The maximum Gasteiger partial charge on any atom is 0.312 e. The summed E-state index contributed by atoms with van der Waals surface area (Å²) in [5.41, 5.74) is 4.95. The summed E-state index contributed by atoms with van der Waals surface area (Å²) in [6, 6.07) is 10.9. The predicted octanol–water partition coefficient (Wildman–Crippen LogP) is 5.86. The average molecular weight is 490 g/mol. The summed E-state index contributed by atoms with van der Waals surface area (Å²) in [6.45, 7) is 7.57. The van der Waals surface area contributed by atoms with E-state index >= 15 is 0 Å². The van der Waals surface area contributed by atoms with Crippen molar-refractivity contribution >= 4 is 11.8 Å². The lowest BCUT2D eigenvalue weighted by Crippen LogP contribution is -2.57. The van der Waals surface area contributed by atoms with E-state index in [4.69, 9.17) is 9.47 Å². The molecular formula is C31H39NO4. The topological polar surface area (TPSA) is 57.5 Å². The number of hydrogen-bond acceptors (Lipinski definition) is 4.